The van der Waals surface area contributed by atoms with E-state index >= 15 is 0 Å². The second-order valence-electron chi connectivity index (χ2n) is 5.76. The molecule has 2 aromatic rings. The van der Waals surface area contributed by atoms with Crippen LogP contribution in [0, 0.1) is 0 Å². The highest BCUT2D eigenvalue weighted by Crippen LogP contribution is 2.35. The predicted octanol–water partition coefficient (Wildman–Crippen LogP) is 4.50. The van der Waals surface area contributed by atoms with Gasteiger partial charge < -0.3 is 9.47 Å². The minimum Gasteiger partial charge on any atom is -0.493 e. The molecule has 0 bridgehead atoms. The molecular weight excluding hydrogens is 362 g/mol. The van der Waals surface area contributed by atoms with Gasteiger partial charge in [0.25, 0.3) is 11.1 Å². The van der Waals surface area contributed by atoms with Gasteiger partial charge in [0.2, 0.25) is 0 Å². The van der Waals surface area contributed by atoms with Crippen LogP contribution in [0.25, 0.3) is 6.08 Å². The van der Waals surface area contributed by atoms with E-state index < -0.39 is 0 Å². The third-order valence-corrected chi connectivity index (χ3v) is 4.81. The zero-order chi connectivity index (χ0) is 19.2. The lowest BCUT2D eigenvalue weighted by Gasteiger charge is -2.12. The van der Waals surface area contributed by atoms with E-state index in [0.717, 1.165) is 22.9 Å². The van der Waals surface area contributed by atoms with Crippen molar-refractivity contribution in [3.63, 3.8) is 0 Å². The van der Waals surface area contributed by atoms with Crippen LogP contribution >= 0.6 is 11.8 Å². The van der Waals surface area contributed by atoms with Gasteiger partial charge in [-0.05, 0) is 41.1 Å². The predicted molar refractivity (Wildman–Crippen MR) is 107 cm³/mol. The Hall–Kier alpha value is -2.99. The molecule has 0 N–H and O–H groups in total. The summed E-state index contributed by atoms with van der Waals surface area (Å²) < 4.78 is 10.9. The third kappa shape index (κ3) is 4.41. The summed E-state index contributed by atoms with van der Waals surface area (Å²) in [6, 6.07) is 14.8. The fourth-order valence-corrected chi connectivity index (χ4v) is 3.43. The minimum absolute atomic E-state index is 0.264. The molecule has 2 aromatic carbocycles. The van der Waals surface area contributed by atoms with Crippen molar-refractivity contribution in [2.75, 3.05) is 13.7 Å². The highest BCUT2D eigenvalue weighted by molar-refractivity contribution is 8.18. The number of rotatable bonds is 7. The standard InChI is InChI=1S/C21H19NO4S/c1-3-11-26-17-10-9-16(12-18(17)25-2)13-19-20(23)22(21(24)27-19)14-15-7-5-4-6-8-15/h3-10,12-13H,1,11,14H2,2H3/b19-13+. The molecule has 0 aromatic heterocycles. The first kappa shape index (κ1) is 18.8. The summed E-state index contributed by atoms with van der Waals surface area (Å²) in [6.45, 7) is 4.25. The smallest absolute Gasteiger partial charge is 0.293 e. The fourth-order valence-electron chi connectivity index (χ4n) is 2.60. The number of carbonyl (C=O) groups is 2. The van der Waals surface area contributed by atoms with Crippen LogP contribution < -0.4 is 9.47 Å². The average molecular weight is 381 g/mol. The number of thioether (sulfide) groups is 1. The van der Waals surface area contributed by atoms with Crippen LogP contribution in [-0.2, 0) is 11.3 Å². The third-order valence-electron chi connectivity index (χ3n) is 3.90. The monoisotopic (exact) mass is 381 g/mol. The Kier molecular flexibility index (Phi) is 5.98. The Morgan fingerprint density at radius 2 is 1.89 bits per heavy atom. The molecule has 138 valence electrons. The quantitative estimate of drug-likeness (QED) is 0.522. The van der Waals surface area contributed by atoms with Crippen LogP contribution in [0.2, 0.25) is 0 Å². The van der Waals surface area contributed by atoms with Gasteiger partial charge in [0.05, 0.1) is 18.6 Å². The largest absolute Gasteiger partial charge is 0.493 e. The van der Waals surface area contributed by atoms with E-state index in [2.05, 4.69) is 6.58 Å². The minimum atomic E-state index is -0.292. The van der Waals surface area contributed by atoms with Crippen LogP contribution in [0.4, 0.5) is 4.79 Å². The molecule has 1 aliphatic heterocycles. The second-order valence-corrected chi connectivity index (χ2v) is 6.76. The average Bonchev–Trinajstić information content (AvgIpc) is 2.95. The van der Waals surface area contributed by atoms with Crippen LogP contribution in [0.1, 0.15) is 11.1 Å². The van der Waals surface area contributed by atoms with E-state index in [0.29, 0.717) is 23.0 Å². The maximum Gasteiger partial charge on any atom is 0.293 e. The lowest BCUT2D eigenvalue weighted by molar-refractivity contribution is -0.123. The molecular formula is C21H19NO4S. The summed E-state index contributed by atoms with van der Waals surface area (Å²) in [7, 11) is 1.55. The zero-order valence-corrected chi connectivity index (χ0v) is 15.7. The number of methoxy groups -OCH3 is 1. The maximum atomic E-state index is 12.6. The molecule has 2 amide bonds. The van der Waals surface area contributed by atoms with Gasteiger partial charge in [-0.3, -0.25) is 14.5 Å². The number of ether oxygens (including phenoxy) is 2. The molecule has 0 unspecified atom stereocenters. The lowest BCUT2D eigenvalue weighted by atomic mass is 10.1. The summed E-state index contributed by atoms with van der Waals surface area (Å²) >= 11 is 0.941. The van der Waals surface area contributed by atoms with E-state index in [9.17, 15) is 9.59 Å². The van der Waals surface area contributed by atoms with Crippen molar-refractivity contribution < 1.29 is 19.1 Å². The summed E-state index contributed by atoms with van der Waals surface area (Å²) in [4.78, 5) is 26.5. The Balaban J connectivity index is 1.80. The van der Waals surface area contributed by atoms with Gasteiger partial charge in [-0.1, -0.05) is 49.1 Å². The summed E-state index contributed by atoms with van der Waals surface area (Å²) in [5.74, 6) is 0.848. The summed E-state index contributed by atoms with van der Waals surface area (Å²) in [6.07, 6.45) is 3.34. The number of nitrogens with zero attached hydrogens (tertiary/aromatic N) is 1. The van der Waals surface area contributed by atoms with E-state index in [1.165, 1.54) is 4.90 Å². The first-order valence-electron chi connectivity index (χ1n) is 8.33. The molecule has 3 rings (SSSR count). The molecule has 1 fully saturated rings. The first-order chi connectivity index (χ1) is 13.1. The zero-order valence-electron chi connectivity index (χ0n) is 14.9. The van der Waals surface area contributed by atoms with Gasteiger partial charge in [0.1, 0.15) is 6.61 Å². The topological polar surface area (TPSA) is 55.8 Å². The van der Waals surface area contributed by atoms with Crippen molar-refractivity contribution in [3.05, 3.63) is 77.2 Å². The lowest BCUT2D eigenvalue weighted by Crippen LogP contribution is -2.27. The van der Waals surface area contributed by atoms with Gasteiger partial charge in [-0.15, -0.1) is 0 Å². The van der Waals surface area contributed by atoms with Crippen LogP contribution in [0.3, 0.4) is 0 Å². The van der Waals surface area contributed by atoms with E-state index in [1.54, 1.807) is 31.4 Å². The molecule has 1 heterocycles. The van der Waals surface area contributed by atoms with Crippen LogP contribution in [0.5, 0.6) is 11.5 Å². The van der Waals surface area contributed by atoms with Gasteiger partial charge in [-0.25, -0.2) is 0 Å². The molecule has 0 spiro atoms. The van der Waals surface area contributed by atoms with Crippen molar-refractivity contribution in [1.29, 1.82) is 0 Å². The Morgan fingerprint density at radius 1 is 1.11 bits per heavy atom. The first-order valence-corrected chi connectivity index (χ1v) is 9.15. The molecule has 6 heteroatoms. The van der Waals surface area contributed by atoms with Gasteiger partial charge in [0.15, 0.2) is 11.5 Å². The molecule has 1 aliphatic rings. The van der Waals surface area contributed by atoms with Crippen LogP contribution in [-0.4, -0.2) is 29.8 Å². The summed E-state index contributed by atoms with van der Waals surface area (Å²) in [5, 5.41) is -0.270. The number of imide groups is 1. The van der Waals surface area contributed by atoms with E-state index in [1.807, 2.05) is 36.4 Å². The fraction of sp³-hybridized carbons (Fsp3) is 0.143. The van der Waals surface area contributed by atoms with Crippen molar-refractivity contribution >= 4 is 29.0 Å². The molecule has 27 heavy (non-hydrogen) atoms. The Labute approximate surface area is 162 Å². The molecule has 5 nitrogen and oxygen atoms in total. The van der Waals surface area contributed by atoms with Crippen molar-refractivity contribution in [1.82, 2.24) is 4.90 Å². The molecule has 0 atom stereocenters. The van der Waals surface area contributed by atoms with E-state index in [-0.39, 0.29) is 17.7 Å². The number of hydrogen-bond acceptors (Lipinski definition) is 5. The molecule has 0 aliphatic carbocycles. The van der Waals surface area contributed by atoms with Gasteiger partial charge in [-0.2, -0.15) is 0 Å². The SMILES string of the molecule is C=CCOc1ccc(/C=C2/SC(=O)N(Cc3ccccc3)C2=O)cc1OC. The second kappa shape index (κ2) is 8.60. The van der Waals surface area contributed by atoms with Gasteiger partial charge in [0, 0.05) is 0 Å². The van der Waals surface area contributed by atoms with Crippen molar-refractivity contribution in [2.24, 2.45) is 0 Å². The Bertz CT molecular complexity index is 892. The van der Waals surface area contributed by atoms with Gasteiger partial charge >= 0.3 is 0 Å². The normalized spacial score (nSPS) is 15.3. The number of amides is 2. The van der Waals surface area contributed by atoms with Crippen molar-refractivity contribution in [3.8, 4) is 11.5 Å². The van der Waals surface area contributed by atoms with Crippen molar-refractivity contribution in [2.45, 2.75) is 6.54 Å². The molecule has 1 saturated heterocycles. The van der Waals surface area contributed by atoms with Crippen LogP contribution in [0.15, 0.2) is 66.1 Å². The number of hydrogen-bond donors (Lipinski definition) is 0. The summed E-state index contributed by atoms with van der Waals surface area (Å²) in [5.41, 5.74) is 1.66. The molecule has 0 saturated carbocycles. The number of carbonyl (C=O) groups excluding carboxylic acids is 2. The maximum absolute atomic E-state index is 12.6. The molecule has 0 radical (unpaired) electrons. The highest BCUT2D eigenvalue weighted by Gasteiger charge is 2.34. The van der Waals surface area contributed by atoms with E-state index in [4.69, 9.17) is 9.47 Å². The number of benzene rings is 2. The Morgan fingerprint density at radius 3 is 2.59 bits per heavy atom. The highest BCUT2D eigenvalue weighted by atomic mass is 32.2.